The number of nitrogens with zero attached hydrogens (tertiary/aromatic N) is 1. The number of hydrogen-bond acceptors (Lipinski definition) is 1. The van der Waals surface area contributed by atoms with Crippen molar-refractivity contribution in [3.05, 3.63) is 0 Å². The minimum atomic E-state index is 0.597. The standard InChI is InChI=1S/C9H19N/c1-4-7-9(8-5-2)10-6-3/h6,9H,4-5,7-8H2,1-3H3. The van der Waals surface area contributed by atoms with Crippen LogP contribution in [0.1, 0.15) is 46.5 Å². The van der Waals surface area contributed by atoms with Gasteiger partial charge in [0.15, 0.2) is 0 Å². The average Bonchev–Trinajstić information content (AvgIpc) is 1.90. The quantitative estimate of drug-likeness (QED) is 0.522. The number of rotatable bonds is 5. The van der Waals surface area contributed by atoms with Gasteiger partial charge < -0.3 is 0 Å². The Morgan fingerprint density at radius 3 is 2.00 bits per heavy atom. The Hall–Kier alpha value is -0.330. The van der Waals surface area contributed by atoms with Gasteiger partial charge in [-0.25, -0.2) is 0 Å². The highest BCUT2D eigenvalue weighted by Gasteiger charge is 2.00. The molecule has 0 fully saturated rings. The zero-order chi connectivity index (χ0) is 7.82. The molecule has 0 saturated carbocycles. The van der Waals surface area contributed by atoms with Crippen molar-refractivity contribution in [3.63, 3.8) is 0 Å². The maximum atomic E-state index is 4.38. The van der Waals surface area contributed by atoms with Gasteiger partial charge in [-0.2, -0.15) is 0 Å². The van der Waals surface area contributed by atoms with E-state index < -0.39 is 0 Å². The summed E-state index contributed by atoms with van der Waals surface area (Å²) in [5.41, 5.74) is 0. The first kappa shape index (κ1) is 9.67. The van der Waals surface area contributed by atoms with Crippen LogP contribution < -0.4 is 0 Å². The highest BCUT2D eigenvalue weighted by molar-refractivity contribution is 5.53. The molecule has 0 amide bonds. The Bertz CT molecular complexity index is 80.7. The van der Waals surface area contributed by atoms with E-state index in [0.717, 1.165) is 0 Å². The second-order valence-electron chi connectivity index (χ2n) is 2.64. The molecule has 0 bridgehead atoms. The molecule has 0 unspecified atom stereocenters. The Kier molecular flexibility index (Phi) is 6.56. The summed E-state index contributed by atoms with van der Waals surface area (Å²) < 4.78 is 0. The van der Waals surface area contributed by atoms with Gasteiger partial charge in [-0.3, -0.25) is 4.99 Å². The van der Waals surface area contributed by atoms with Crippen LogP contribution in [0.3, 0.4) is 0 Å². The van der Waals surface area contributed by atoms with Gasteiger partial charge in [-0.15, -0.1) is 0 Å². The van der Waals surface area contributed by atoms with Gasteiger partial charge in [0.1, 0.15) is 0 Å². The van der Waals surface area contributed by atoms with Crippen molar-refractivity contribution in [1.82, 2.24) is 0 Å². The smallest absolute Gasteiger partial charge is 0.0495 e. The summed E-state index contributed by atoms with van der Waals surface area (Å²) in [6.45, 7) is 6.43. The van der Waals surface area contributed by atoms with E-state index in [9.17, 15) is 0 Å². The lowest BCUT2D eigenvalue weighted by Crippen LogP contribution is -2.02. The van der Waals surface area contributed by atoms with Gasteiger partial charge in [0, 0.05) is 6.04 Å². The summed E-state index contributed by atoms with van der Waals surface area (Å²) >= 11 is 0. The van der Waals surface area contributed by atoms with Gasteiger partial charge >= 0.3 is 0 Å². The van der Waals surface area contributed by atoms with Gasteiger partial charge in [-0.05, 0) is 26.0 Å². The Morgan fingerprint density at radius 1 is 1.20 bits per heavy atom. The second kappa shape index (κ2) is 6.79. The number of hydrogen-bond donors (Lipinski definition) is 0. The van der Waals surface area contributed by atoms with Crippen LogP contribution in [0.15, 0.2) is 4.99 Å². The largest absolute Gasteiger partial charge is 0.295 e. The van der Waals surface area contributed by atoms with Crippen molar-refractivity contribution in [1.29, 1.82) is 0 Å². The third-order valence-corrected chi connectivity index (χ3v) is 1.60. The maximum absolute atomic E-state index is 4.38. The molecule has 1 heteroatoms. The van der Waals surface area contributed by atoms with Crippen LogP contribution in [0.5, 0.6) is 0 Å². The zero-order valence-corrected chi connectivity index (χ0v) is 7.43. The van der Waals surface area contributed by atoms with Crippen molar-refractivity contribution in [2.24, 2.45) is 4.99 Å². The van der Waals surface area contributed by atoms with Crippen molar-refractivity contribution >= 4 is 6.21 Å². The molecule has 1 nitrogen and oxygen atoms in total. The molecule has 0 saturated heterocycles. The normalized spacial score (nSPS) is 11.6. The van der Waals surface area contributed by atoms with E-state index in [1.807, 2.05) is 13.1 Å². The molecule has 0 aliphatic rings. The van der Waals surface area contributed by atoms with Crippen LogP contribution in [-0.4, -0.2) is 12.3 Å². The Labute approximate surface area is 64.6 Å². The van der Waals surface area contributed by atoms with Gasteiger partial charge in [0.05, 0.1) is 0 Å². The summed E-state index contributed by atoms with van der Waals surface area (Å²) in [6.07, 6.45) is 6.93. The van der Waals surface area contributed by atoms with Crippen molar-refractivity contribution in [2.75, 3.05) is 0 Å². The molecule has 10 heavy (non-hydrogen) atoms. The van der Waals surface area contributed by atoms with E-state index in [0.29, 0.717) is 6.04 Å². The minimum Gasteiger partial charge on any atom is -0.295 e. The summed E-state index contributed by atoms with van der Waals surface area (Å²) in [5, 5.41) is 0. The van der Waals surface area contributed by atoms with E-state index in [1.165, 1.54) is 25.7 Å². The minimum absolute atomic E-state index is 0.597. The molecule has 60 valence electrons. The van der Waals surface area contributed by atoms with Gasteiger partial charge in [-0.1, -0.05) is 26.7 Å². The lowest BCUT2D eigenvalue weighted by molar-refractivity contribution is 0.557. The highest BCUT2D eigenvalue weighted by atomic mass is 14.8. The van der Waals surface area contributed by atoms with Gasteiger partial charge in [0.25, 0.3) is 0 Å². The average molecular weight is 141 g/mol. The monoisotopic (exact) mass is 141 g/mol. The molecule has 0 radical (unpaired) electrons. The van der Waals surface area contributed by atoms with E-state index in [4.69, 9.17) is 0 Å². The van der Waals surface area contributed by atoms with Crippen LogP contribution >= 0.6 is 0 Å². The van der Waals surface area contributed by atoms with Crippen LogP contribution in [0.2, 0.25) is 0 Å². The molecule has 0 aromatic carbocycles. The SMILES string of the molecule is CC=NC(CCC)CCC. The first-order chi connectivity index (χ1) is 4.85. The Morgan fingerprint density at radius 2 is 1.70 bits per heavy atom. The van der Waals surface area contributed by atoms with Crippen molar-refractivity contribution in [2.45, 2.75) is 52.5 Å². The molecule has 0 aromatic heterocycles. The molecule has 0 aromatic rings. The fraction of sp³-hybridized carbons (Fsp3) is 0.889. The van der Waals surface area contributed by atoms with Crippen molar-refractivity contribution in [3.8, 4) is 0 Å². The predicted octanol–water partition coefficient (Wildman–Crippen LogP) is 3.05. The molecule has 0 spiro atoms. The fourth-order valence-corrected chi connectivity index (χ4v) is 1.17. The van der Waals surface area contributed by atoms with Gasteiger partial charge in [0.2, 0.25) is 0 Å². The molecular weight excluding hydrogens is 122 g/mol. The van der Waals surface area contributed by atoms with E-state index in [-0.39, 0.29) is 0 Å². The highest BCUT2D eigenvalue weighted by Crippen LogP contribution is 2.07. The van der Waals surface area contributed by atoms with E-state index in [2.05, 4.69) is 18.8 Å². The summed E-state index contributed by atoms with van der Waals surface area (Å²) in [5.74, 6) is 0. The number of aliphatic imine (C=N–C) groups is 1. The molecule has 0 rings (SSSR count). The predicted molar refractivity (Wildman–Crippen MR) is 47.8 cm³/mol. The summed E-state index contributed by atoms with van der Waals surface area (Å²) in [4.78, 5) is 4.38. The topological polar surface area (TPSA) is 12.4 Å². The van der Waals surface area contributed by atoms with E-state index >= 15 is 0 Å². The zero-order valence-electron chi connectivity index (χ0n) is 7.43. The first-order valence-electron chi connectivity index (χ1n) is 4.32. The molecule has 0 aliphatic heterocycles. The van der Waals surface area contributed by atoms with Crippen molar-refractivity contribution < 1.29 is 0 Å². The third-order valence-electron chi connectivity index (χ3n) is 1.60. The van der Waals surface area contributed by atoms with Crippen LogP contribution in [-0.2, 0) is 0 Å². The van der Waals surface area contributed by atoms with Crippen LogP contribution in [0, 0.1) is 0 Å². The summed E-state index contributed by atoms with van der Waals surface area (Å²) in [7, 11) is 0. The lowest BCUT2D eigenvalue weighted by atomic mass is 10.1. The van der Waals surface area contributed by atoms with Crippen LogP contribution in [0.25, 0.3) is 0 Å². The second-order valence-corrected chi connectivity index (χ2v) is 2.64. The summed E-state index contributed by atoms with van der Waals surface area (Å²) in [6, 6.07) is 0.597. The third kappa shape index (κ3) is 4.54. The molecule has 0 aliphatic carbocycles. The lowest BCUT2D eigenvalue weighted by Gasteiger charge is -2.07. The molecule has 0 atom stereocenters. The van der Waals surface area contributed by atoms with Crippen LogP contribution in [0.4, 0.5) is 0 Å². The fourth-order valence-electron chi connectivity index (χ4n) is 1.17. The van der Waals surface area contributed by atoms with E-state index in [1.54, 1.807) is 0 Å². The molecular formula is C9H19N. The first-order valence-corrected chi connectivity index (χ1v) is 4.32. The molecule has 0 N–H and O–H groups in total. The Balaban J connectivity index is 3.50. The molecule has 0 heterocycles. The maximum Gasteiger partial charge on any atom is 0.0495 e.